The molecule has 6 nitrogen and oxygen atoms in total. The molecule has 1 aromatic heterocycles. The molecule has 0 amide bonds. The van der Waals surface area contributed by atoms with Crippen LogP contribution in [-0.4, -0.2) is 27.3 Å². The van der Waals surface area contributed by atoms with Crippen LogP contribution in [0, 0.1) is 0 Å². The Kier molecular flexibility index (Phi) is 4.42. The van der Waals surface area contributed by atoms with Crippen molar-refractivity contribution in [2.45, 2.75) is 45.1 Å². The molecule has 0 saturated carbocycles. The van der Waals surface area contributed by atoms with Crippen molar-refractivity contribution in [2.24, 2.45) is 5.73 Å². The molecule has 0 aliphatic heterocycles. The predicted octanol–water partition coefficient (Wildman–Crippen LogP) is 1.39. The second kappa shape index (κ2) is 5.60. The van der Waals surface area contributed by atoms with E-state index in [1.165, 1.54) is 0 Å². The minimum atomic E-state index is -1.17. The lowest BCUT2D eigenvalue weighted by atomic mass is 10.0. The first-order valence-corrected chi connectivity index (χ1v) is 5.33. The molecule has 3 N–H and O–H groups in total. The van der Waals surface area contributed by atoms with Crippen molar-refractivity contribution >= 4 is 5.97 Å². The Morgan fingerprint density at radius 3 is 2.69 bits per heavy atom. The van der Waals surface area contributed by atoms with Gasteiger partial charge in [-0.3, -0.25) is 0 Å². The van der Waals surface area contributed by atoms with Crippen molar-refractivity contribution in [3.05, 3.63) is 11.7 Å². The largest absolute Gasteiger partial charge is 0.475 e. The number of carboxylic acids is 1. The van der Waals surface area contributed by atoms with Gasteiger partial charge >= 0.3 is 5.97 Å². The average molecular weight is 227 g/mol. The van der Waals surface area contributed by atoms with Crippen LogP contribution in [0.5, 0.6) is 0 Å². The van der Waals surface area contributed by atoms with Crippen LogP contribution in [0.4, 0.5) is 0 Å². The molecule has 0 aliphatic rings. The van der Waals surface area contributed by atoms with E-state index < -0.39 is 5.97 Å². The maximum absolute atomic E-state index is 10.5. The number of carbonyl (C=O) groups is 1. The van der Waals surface area contributed by atoms with Gasteiger partial charge in [0, 0.05) is 12.0 Å². The normalized spacial score (nSPS) is 14.7. The first-order valence-electron chi connectivity index (χ1n) is 5.33. The van der Waals surface area contributed by atoms with Crippen LogP contribution in [0.15, 0.2) is 4.52 Å². The van der Waals surface area contributed by atoms with Gasteiger partial charge < -0.3 is 15.4 Å². The summed E-state index contributed by atoms with van der Waals surface area (Å²) in [5, 5.41) is 12.0. The molecule has 0 aliphatic carbocycles. The standard InChI is InChI=1S/C10H17N3O3/c1-6(4-3-5-7(2)11)9-12-8(10(14)15)13-16-9/h6-7H,3-5,11H2,1-2H3,(H,14,15). The quantitative estimate of drug-likeness (QED) is 0.761. The molecule has 0 aromatic carbocycles. The molecule has 0 bridgehead atoms. The molecular formula is C10H17N3O3. The van der Waals surface area contributed by atoms with E-state index in [1.807, 2.05) is 13.8 Å². The first-order chi connectivity index (χ1) is 7.50. The highest BCUT2D eigenvalue weighted by Gasteiger charge is 2.17. The van der Waals surface area contributed by atoms with E-state index in [0.29, 0.717) is 5.89 Å². The van der Waals surface area contributed by atoms with Gasteiger partial charge in [-0.1, -0.05) is 13.3 Å². The van der Waals surface area contributed by atoms with Crippen LogP contribution in [0.2, 0.25) is 0 Å². The topological polar surface area (TPSA) is 102 Å². The first kappa shape index (κ1) is 12.6. The number of hydrogen-bond donors (Lipinski definition) is 2. The molecule has 0 saturated heterocycles. The molecule has 0 radical (unpaired) electrons. The third-order valence-electron chi connectivity index (χ3n) is 2.35. The van der Waals surface area contributed by atoms with Crippen molar-refractivity contribution in [3.63, 3.8) is 0 Å². The van der Waals surface area contributed by atoms with Crippen molar-refractivity contribution in [1.82, 2.24) is 10.1 Å². The van der Waals surface area contributed by atoms with Crippen molar-refractivity contribution < 1.29 is 14.4 Å². The third-order valence-corrected chi connectivity index (χ3v) is 2.35. The highest BCUT2D eigenvalue weighted by molar-refractivity contribution is 5.82. The lowest BCUT2D eigenvalue weighted by molar-refractivity contribution is 0.0680. The molecule has 2 unspecified atom stereocenters. The molecule has 1 rings (SSSR count). The lowest BCUT2D eigenvalue weighted by Gasteiger charge is -2.07. The summed E-state index contributed by atoms with van der Waals surface area (Å²) in [7, 11) is 0. The van der Waals surface area contributed by atoms with Gasteiger partial charge in [-0.05, 0) is 24.9 Å². The highest BCUT2D eigenvalue weighted by atomic mass is 16.5. The molecule has 6 heteroatoms. The Hall–Kier alpha value is -1.43. The molecule has 0 spiro atoms. The Bertz CT molecular complexity index is 349. The van der Waals surface area contributed by atoms with Crippen LogP contribution in [0.3, 0.4) is 0 Å². The fraction of sp³-hybridized carbons (Fsp3) is 0.700. The van der Waals surface area contributed by atoms with Gasteiger partial charge in [0.2, 0.25) is 5.89 Å². The van der Waals surface area contributed by atoms with Crippen LogP contribution in [0.25, 0.3) is 0 Å². The van der Waals surface area contributed by atoms with E-state index in [1.54, 1.807) is 0 Å². The van der Waals surface area contributed by atoms with Crippen LogP contribution in [-0.2, 0) is 0 Å². The summed E-state index contributed by atoms with van der Waals surface area (Å²) < 4.78 is 4.87. The van der Waals surface area contributed by atoms with E-state index in [2.05, 4.69) is 10.1 Å². The molecule has 1 aromatic rings. The van der Waals surface area contributed by atoms with Crippen LogP contribution >= 0.6 is 0 Å². The Morgan fingerprint density at radius 1 is 1.50 bits per heavy atom. The zero-order chi connectivity index (χ0) is 12.1. The van der Waals surface area contributed by atoms with Gasteiger partial charge in [0.05, 0.1) is 0 Å². The lowest BCUT2D eigenvalue weighted by Crippen LogP contribution is -2.14. The van der Waals surface area contributed by atoms with E-state index in [9.17, 15) is 4.79 Å². The van der Waals surface area contributed by atoms with Gasteiger partial charge in [0.1, 0.15) is 0 Å². The van der Waals surface area contributed by atoms with Gasteiger partial charge in [0.25, 0.3) is 5.82 Å². The maximum Gasteiger partial charge on any atom is 0.377 e. The summed E-state index contributed by atoms with van der Waals surface area (Å²) >= 11 is 0. The fourth-order valence-corrected chi connectivity index (χ4v) is 1.39. The number of nitrogens with zero attached hydrogens (tertiary/aromatic N) is 2. The molecule has 2 atom stereocenters. The number of rotatable bonds is 6. The molecular weight excluding hydrogens is 210 g/mol. The molecule has 90 valence electrons. The monoisotopic (exact) mass is 227 g/mol. The van der Waals surface area contributed by atoms with Crippen LogP contribution < -0.4 is 5.73 Å². The molecule has 1 heterocycles. The summed E-state index contributed by atoms with van der Waals surface area (Å²) in [6, 6.07) is 0.185. The number of aromatic carboxylic acids is 1. The third kappa shape index (κ3) is 3.62. The molecule has 16 heavy (non-hydrogen) atoms. The van der Waals surface area contributed by atoms with Crippen molar-refractivity contribution in [2.75, 3.05) is 0 Å². The SMILES string of the molecule is CC(N)CCCC(C)c1nc(C(=O)O)no1. The van der Waals surface area contributed by atoms with E-state index in [-0.39, 0.29) is 17.8 Å². The zero-order valence-corrected chi connectivity index (χ0v) is 9.51. The maximum atomic E-state index is 10.5. The summed E-state index contributed by atoms with van der Waals surface area (Å²) in [5.74, 6) is -1.01. The highest BCUT2D eigenvalue weighted by Crippen LogP contribution is 2.19. The van der Waals surface area contributed by atoms with Gasteiger partial charge in [-0.15, -0.1) is 0 Å². The van der Waals surface area contributed by atoms with Crippen LogP contribution in [0.1, 0.15) is 55.5 Å². The van der Waals surface area contributed by atoms with Gasteiger partial charge in [-0.2, -0.15) is 4.98 Å². The summed E-state index contributed by atoms with van der Waals surface area (Å²) in [5.41, 5.74) is 5.63. The van der Waals surface area contributed by atoms with Gasteiger partial charge in [-0.25, -0.2) is 4.79 Å². The van der Waals surface area contributed by atoms with Crippen molar-refractivity contribution in [1.29, 1.82) is 0 Å². The van der Waals surface area contributed by atoms with E-state index in [4.69, 9.17) is 15.4 Å². The second-order valence-electron chi connectivity index (χ2n) is 4.07. The van der Waals surface area contributed by atoms with E-state index >= 15 is 0 Å². The second-order valence-corrected chi connectivity index (χ2v) is 4.07. The number of hydrogen-bond acceptors (Lipinski definition) is 5. The predicted molar refractivity (Wildman–Crippen MR) is 57.2 cm³/mol. The minimum absolute atomic E-state index is 0.0688. The smallest absolute Gasteiger partial charge is 0.377 e. The number of carboxylic acid groups (broad SMARTS) is 1. The fourth-order valence-electron chi connectivity index (χ4n) is 1.39. The summed E-state index contributed by atoms with van der Waals surface area (Å²) in [4.78, 5) is 14.3. The van der Waals surface area contributed by atoms with E-state index in [0.717, 1.165) is 19.3 Å². The zero-order valence-electron chi connectivity index (χ0n) is 9.51. The minimum Gasteiger partial charge on any atom is -0.475 e. The van der Waals surface area contributed by atoms with Crippen molar-refractivity contribution in [3.8, 4) is 0 Å². The summed E-state index contributed by atoms with van der Waals surface area (Å²) in [6.07, 6.45) is 2.76. The summed E-state index contributed by atoms with van der Waals surface area (Å²) in [6.45, 7) is 3.89. The molecule has 0 fully saturated rings. The Balaban J connectivity index is 2.46. The Morgan fingerprint density at radius 2 is 2.19 bits per heavy atom. The average Bonchev–Trinajstić information content (AvgIpc) is 2.65. The number of nitrogens with two attached hydrogens (primary N) is 1. The Labute approximate surface area is 93.8 Å². The van der Waals surface area contributed by atoms with Gasteiger partial charge in [0.15, 0.2) is 0 Å². The number of aromatic nitrogens is 2.